The fourth-order valence-corrected chi connectivity index (χ4v) is 2.77. The minimum Gasteiger partial charge on any atom is -0.423 e. The van der Waals surface area contributed by atoms with Crippen molar-refractivity contribution >= 4 is 17.3 Å². The summed E-state index contributed by atoms with van der Waals surface area (Å²) in [6.07, 6.45) is 1.89. The van der Waals surface area contributed by atoms with Gasteiger partial charge in [0.15, 0.2) is 5.78 Å². The molecule has 1 aromatic carbocycles. The molecule has 3 rings (SSSR count). The monoisotopic (exact) mass is 325 g/mol. The number of hydrogen-bond acceptors (Lipinski definition) is 5. The first-order chi connectivity index (χ1) is 11.7. The van der Waals surface area contributed by atoms with Crippen molar-refractivity contribution in [3.05, 3.63) is 53.2 Å². The Bertz CT molecular complexity index is 778. The molecule has 0 saturated heterocycles. The third-order valence-corrected chi connectivity index (χ3v) is 4.01. The van der Waals surface area contributed by atoms with Crippen LogP contribution in [0.3, 0.4) is 0 Å². The van der Waals surface area contributed by atoms with Crippen LogP contribution in [-0.4, -0.2) is 21.9 Å². The fraction of sp³-hybridized carbons (Fsp3) is 0.333. The Morgan fingerprint density at radius 2 is 1.92 bits per heavy atom. The van der Waals surface area contributed by atoms with E-state index in [0.717, 1.165) is 11.1 Å². The van der Waals surface area contributed by atoms with Crippen molar-refractivity contribution in [3.8, 4) is 0 Å². The van der Waals surface area contributed by atoms with Gasteiger partial charge in [0.25, 0.3) is 0 Å². The summed E-state index contributed by atoms with van der Waals surface area (Å²) < 4.78 is 5.35. The number of amides is 1. The summed E-state index contributed by atoms with van der Waals surface area (Å²) in [7, 11) is 0. The summed E-state index contributed by atoms with van der Waals surface area (Å²) in [5, 5.41) is 10.4. The van der Waals surface area contributed by atoms with Gasteiger partial charge < -0.3 is 9.73 Å². The lowest BCUT2D eigenvalue weighted by atomic mass is 10.00. The Hall–Kier alpha value is -2.76. The number of carbonyl (C=O) groups excluding carboxylic acids is 2. The second kappa shape index (κ2) is 7.21. The van der Waals surface area contributed by atoms with E-state index >= 15 is 0 Å². The van der Waals surface area contributed by atoms with Gasteiger partial charge in [-0.3, -0.25) is 9.59 Å². The minimum absolute atomic E-state index is 0.0510. The number of rotatable bonds is 6. The number of nitrogens with one attached hydrogen (secondary N) is 1. The Balaban J connectivity index is 1.66. The predicted molar refractivity (Wildman–Crippen MR) is 87.7 cm³/mol. The van der Waals surface area contributed by atoms with Crippen LogP contribution in [0, 0.1) is 0 Å². The van der Waals surface area contributed by atoms with Crippen molar-refractivity contribution in [2.45, 2.75) is 39.2 Å². The van der Waals surface area contributed by atoms with E-state index in [1.165, 1.54) is 0 Å². The van der Waals surface area contributed by atoms with E-state index < -0.39 is 0 Å². The van der Waals surface area contributed by atoms with Crippen LogP contribution < -0.4 is 5.32 Å². The van der Waals surface area contributed by atoms with Gasteiger partial charge >= 0.3 is 0 Å². The van der Waals surface area contributed by atoms with E-state index in [0.29, 0.717) is 36.6 Å². The molecule has 0 spiro atoms. The number of benzene rings is 1. The van der Waals surface area contributed by atoms with Gasteiger partial charge in [-0.2, -0.15) is 0 Å². The highest BCUT2D eigenvalue weighted by Crippen LogP contribution is 2.33. The first-order valence-electron chi connectivity index (χ1n) is 8.06. The quantitative estimate of drug-likeness (QED) is 0.882. The number of hydrogen-bond donors (Lipinski definition) is 1. The predicted octanol–water partition coefficient (Wildman–Crippen LogP) is 2.46. The Morgan fingerprint density at radius 3 is 2.62 bits per heavy atom. The van der Waals surface area contributed by atoms with Crippen molar-refractivity contribution in [2.24, 2.45) is 0 Å². The molecule has 0 aliphatic heterocycles. The Kier molecular flexibility index (Phi) is 4.84. The van der Waals surface area contributed by atoms with Gasteiger partial charge in [0.05, 0.1) is 13.0 Å². The highest BCUT2D eigenvalue weighted by molar-refractivity contribution is 6.10. The highest BCUT2D eigenvalue weighted by Gasteiger charge is 2.25. The molecule has 24 heavy (non-hydrogen) atoms. The average Bonchev–Trinajstić information content (AvgIpc) is 3.21. The molecule has 1 heterocycles. The summed E-state index contributed by atoms with van der Waals surface area (Å²) in [4.78, 5) is 24.3. The van der Waals surface area contributed by atoms with Crippen LogP contribution in [0.5, 0.6) is 0 Å². The lowest BCUT2D eigenvalue weighted by molar-refractivity contribution is -0.122. The van der Waals surface area contributed by atoms with Crippen LogP contribution in [0.15, 0.2) is 40.3 Å². The summed E-state index contributed by atoms with van der Waals surface area (Å²) in [5.41, 5.74) is 2.59. The molecule has 0 radical (unpaired) electrons. The average molecular weight is 325 g/mol. The Labute approximate surface area is 140 Å². The maximum absolute atomic E-state index is 12.2. The zero-order valence-electron chi connectivity index (χ0n) is 13.5. The second-order valence-electron chi connectivity index (χ2n) is 5.64. The first-order valence-corrected chi connectivity index (χ1v) is 8.06. The number of allylic oxidation sites excluding steroid dienone is 1. The molecule has 2 aromatic rings. The standard InChI is InChI=1S/C18H19N3O3/c1-2-17-20-21-18(24-17)11-19-16(23)10-14-13(8-9-15(14)22)12-6-4-3-5-7-12/h3-7H,2,8-11H2,1H3,(H,19,23). The lowest BCUT2D eigenvalue weighted by Crippen LogP contribution is -2.24. The van der Waals surface area contributed by atoms with Gasteiger partial charge in [-0.15, -0.1) is 10.2 Å². The van der Waals surface area contributed by atoms with E-state index in [-0.39, 0.29) is 24.7 Å². The van der Waals surface area contributed by atoms with Gasteiger partial charge in [-0.25, -0.2) is 0 Å². The third kappa shape index (κ3) is 3.59. The highest BCUT2D eigenvalue weighted by atomic mass is 16.4. The zero-order valence-corrected chi connectivity index (χ0v) is 13.5. The summed E-state index contributed by atoms with van der Waals surface area (Å²) in [6, 6.07) is 9.74. The molecule has 0 fully saturated rings. The van der Waals surface area contributed by atoms with E-state index in [9.17, 15) is 9.59 Å². The van der Waals surface area contributed by atoms with Gasteiger partial charge in [0.1, 0.15) is 0 Å². The molecule has 1 amide bonds. The zero-order chi connectivity index (χ0) is 16.9. The molecule has 6 nitrogen and oxygen atoms in total. The molecule has 0 bridgehead atoms. The molecule has 6 heteroatoms. The van der Waals surface area contributed by atoms with Crippen molar-refractivity contribution in [2.75, 3.05) is 0 Å². The van der Waals surface area contributed by atoms with Crippen molar-refractivity contribution < 1.29 is 14.0 Å². The van der Waals surface area contributed by atoms with Crippen LogP contribution in [0.2, 0.25) is 0 Å². The lowest BCUT2D eigenvalue weighted by Gasteiger charge is -2.07. The number of ketones is 1. The summed E-state index contributed by atoms with van der Waals surface area (Å²) in [6.45, 7) is 2.09. The molecule has 124 valence electrons. The van der Waals surface area contributed by atoms with Crippen LogP contribution in [-0.2, 0) is 22.6 Å². The van der Waals surface area contributed by atoms with Gasteiger partial charge in [-0.1, -0.05) is 37.3 Å². The second-order valence-corrected chi connectivity index (χ2v) is 5.64. The van der Waals surface area contributed by atoms with Crippen LogP contribution in [0.25, 0.3) is 5.57 Å². The van der Waals surface area contributed by atoms with E-state index in [1.807, 2.05) is 37.3 Å². The molecular weight excluding hydrogens is 306 g/mol. The number of aryl methyl sites for hydroxylation is 1. The van der Waals surface area contributed by atoms with Gasteiger partial charge in [0, 0.05) is 18.4 Å². The van der Waals surface area contributed by atoms with Crippen molar-refractivity contribution in [1.82, 2.24) is 15.5 Å². The molecular formula is C18H19N3O3. The van der Waals surface area contributed by atoms with E-state index in [4.69, 9.17) is 4.42 Å². The fourth-order valence-electron chi connectivity index (χ4n) is 2.77. The maximum atomic E-state index is 12.2. The van der Waals surface area contributed by atoms with Crippen molar-refractivity contribution in [1.29, 1.82) is 0 Å². The molecule has 1 aromatic heterocycles. The smallest absolute Gasteiger partial charge is 0.235 e. The van der Waals surface area contributed by atoms with Crippen LogP contribution in [0.4, 0.5) is 0 Å². The molecule has 1 aliphatic carbocycles. The molecule has 1 aliphatic rings. The van der Waals surface area contributed by atoms with Gasteiger partial charge in [0.2, 0.25) is 17.7 Å². The molecule has 0 unspecified atom stereocenters. The number of carbonyl (C=O) groups is 2. The number of Topliss-reactive ketones (excluding diaryl/α,β-unsaturated/α-hetero) is 1. The normalized spacial score (nSPS) is 14.3. The SMILES string of the molecule is CCc1nnc(CNC(=O)CC2=C(c3ccccc3)CCC2=O)o1. The number of aromatic nitrogens is 2. The summed E-state index contributed by atoms with van der Waals surface area (Å²) in [5.74, 6) is 0.745. The van der Waals surface area contributed by atoms with E-state index in [1.54, 1.807) is 0 Å². The summed E-state index contributed by atoms with van der Waals surface area (Å²) >= 11 is 0. The molecule has 1 N–H and O–H groups in total. The Morgan fingerprint density at radius 1 is 1.17 bits per heavy atom. The maximum Gasteiger partial charge on any atom is 0.235 e. The van der Waals surface area contributed by atoms with E-state index in [2.05, 4.69) is 15.5 Å². The van der Waals surface area contributed by atoms with Crippen molar-refractivity contribution in [3.63, 3.8) is 0 Å². The third-order valence-electron chi connectivity index (χ3n) is 4.01. The number of nitrogens with zero attached hydrogens (tertiary/aromatic N) is 2. The topological polar surface area (TPSA) is 85.1 Å². The first kappa shape index (κ1) is 16.1. The van der Waals surface area contributed by atoms with Crippen LogP contribution in [0.1, 0.15) is 43.5 Å². The minimum atomic E-state index is -0.218. The van der Waals surface area contributed by atoms with Crippen LogP contribution >= 0.6 is 0 Å². The van der Waals surface area contributed by atoms with Gasteiger partial charge in [-0.05, 0) is 17.6 Å². The molecule has 0 saturated carbocycles. The molecule has 0 atom stereocenters. The largest absolute Gasteiger partial charge is 0.423 e.